The van der Waals surface area contributed by atoms with Gasteiger partial charge in [0.1, 0.15) is 23.6 Å². The molecule has 0 atom stereocenters. The maximum absolute atomic E-state index is 13.7. The Morgan fingerprint density at radius 2 is 2.05 bits per heavy atom. The third-order valence-electron chi connectivity index (χ3n) is 3.21. The first-order valence-electron chi connectivity index (χ1n) is 6.30. The molecule has 0 fully saturated rings. The van der Waals surface area contributed by atoms with Crippen LogP contribution in [-0.2, 0) is 0 Å². The molecular formula is C15H12FN5. The third kappa shape index (κ3) is 2.19. The molecule has 0 unspecified atom stereocenters. The van der Waals surface area contributed by atoms with E-state index in [1.807, 2.05) is 25.1 Å². The first-order valence-corrected chi connectivity index (χ1v) is 6.30. The summed E-state index contributed by atoms with van der Waals surface area (Å²) < 4.78 is 13.7. The third-order valence-corrected chi connectivity index (χ3v) is 3.21. The number of nitrogens with one attached hydrogen (secondary N) is 1. The molecule has 0 saturated heterocycles. The SMILES string of the molecule is CN(C)c1ncnc2[nH]cc(-c3cc(F)cc(C#N)c3)c12. The molecule has 0 aliphatic carbocycles. The molecule has 0 aliphatic rings. The molecule has 0 radical (unpaired) electrons. The minimum atomic E-state index is -0.443. The Morgan fingerprint density at radius 1 is 1.24 bits per heavy atom. The van der Waals surface area contributed by atoms with E-state index in [1.54, 1.807) is 12.3 Å². The summed E-state index contributed by atoms with van der Waals surface area (Å²) in [7, 11) is 3.76. The molecule has 0 bridgehead atoms. The van der Waals surface area contributed by atoms with Crippen molar-refractivity contribution in [3.05, 3.63) is 42.1 Å². The highest BCUT2D eigenvalue weighted by Gasteiger charge is 2.15. The number of H-pyrrole nitrogens is 1. The Kier molecular flexibility index (Phi) is 3.03. The number of hydrogen-bond acceptors (Lipinski definition) is 4. The van der Waals surface area contributed by atoms with Gasteiger partial charge in [-0.3, -0.25) is 0 Å². The number of benzene rings is 1. The van der Waals surface area contributed by atoms with Gasteiger partial charge in [0.25, 0.3) is 0 Å². The summed E-state index contributed by atoms with van der Waals surface area (Å²) in [6.07, 6.45) is 3.23. The Morgan fingerprint density at radius 3 is 2.76 bits per heavy atom. The Hall–Kier alpha value is -2.94. The van der Waals surface area contributed by atoms with E-state index >= 15 is 0 Å². The zero-order valence-electron chi connectivity index (χ0n) is 11.6. The zero-order valence-corrected chi connectivity index (χ0v) is 11.6. The molecule has 3 aromatic rings. The number of rotatable bonds is 2. The summed E-state index contributed by atoms with van der Waals surface area (Å²) in [6.45, 7) is 0. The van der Waals surface area contributed by atoms with Crippen LogP contribution in [0, 0.1) is 17.1 Å². The zero-order chi connectivity index (χ0) is 15.0. The summed E-state index contributed by atoms with van der Waals surface area (Å²) in [5.41, 5.74) is 2.34. The van der Waals surface area contributed by atoms with Crippen molar-refractivity contribution in [2.24, 2.45) is 0 Å². The molecular weight excluding hydrogens is 269 g/mol. The van der Waals surface area contributed by atoms with Crippen LogP contribution in [0.5, 0.6) is 0 Å². The van der Waals surface area contributed by atoms with Gasteiger partial charge in [0.05, 0.1) is 17.0 Å². The predicted octanol–water partition coefficient (Wildman–Crippen LogP) is 2.70. The van der Waals surface area contributed by atoms with Gasteiger partial charge in [0.15, 0.2) is 0 Å². The van der Waals surface area contributed by atoms with E-state index < -0.39 is 5.82 Å². The number of aromatic amines is 1. The monoisotopic (exact) mass is 281 g/mol. The molecule has 2 aromatic heterocycles. The van der Waals surface area contributed by atoms with Crippen molar-refractivity contribution in [3.8, 4) is 17.2 Å². The molecule has 21 heavy (non-hydrogen) atoms. The van der Waals surface area contributed by atoms with Gasteiger partial charge in [-0.2, -0.15) is 5.26 Å². The van der Waals surface area contributed by atoms with E-state index in [1.165, 1.54) is 18.5 Å². The standard InChI is InChI=1S/C15H12FN5/c1-21(2)15-13-12(7-18-14(13)19-8-20-15)10-3-9(6-17)4-11(16)5-10/h3-5,7-8H,1-2H3,(H,18,19,20). The molecule has 2 heterocycles. The lowest BCUT2D eigenvalue weighted by Crippen LogP contribution is -2.11. The van der Waals surface area contributed by atoms with Crippen LogP contribution in [0.15, 0.2) is 30.7 Å². The molecule has 0 amide bonds. The Labute approximate surface area is 120 Å². The highest BCUT2D eigenvalue weighted by Crippen LogP contribution is 2.33. The van der Waals surface area contributed by atoms with Gasteiger partial charge in [0, 0.05) is 25.9 Å². The average molecular weight is 281 g/mol. The van der Waals surface area contributed by atoms with Crippen molar-refractivity contribution in [2.45, 2.75) is 0 Å². The van der Waals surface area contributed by atoms with Crippen LogP contribution < -0.4 is 4.90 Å². The van der Waals surface area contributed by atoms with Gasteiger partial charge in [-0.05, 0) is 23.8 Å². The first-order chi connectivity index (χ1) is 10.1. The van der Waals surface area contributed by atoms with Gasteiger partial charge >= 0.3 is 0 Å². The summed E-state index contributed by atoms with van der Waals surface area (Å²) in [4.78, 5) is 13.4. The average Bonchev–Trinajstić information content (AvgIpc) is 2.90. The highest BCUT2D eigenvalue weighted by molar-refractivity contribution is 6.01. The molecule has 0 spiro atoms. The minimum Gasteiger partial charge on any atom is -0.362 e. The van der Waals surface area contributed by atoms with Crippen LogP contribution in [0.3, 0.4) is 0 Å². The van der Waals surface area contributed by atoms with Gasteiger partial charge < -0.3 is 9.88 Å². The van der Waals surface area contributed by atoms with Crippen LogP contribution >= 0.6 is 0 Å². The topological polar surface area (TPSA) is 68.6 Å². The number of fused-ring (bicyclic) bond motifs is 1. The number of hydrogen-bond donors (Lipinski definition) is 1. The predicted molar refractivity (Wildman–Crippen MR) is 78.3 cm³/mol. The molecule has 1 aromatic carbocycles. The quantitative estimate of drug-likeness (QED) is 0.784. The van der Waals surface area contributed by atoms with Crippen molar-refractivity contribution in [1.82, 2.24) is 15.0 Å². The van der Waals surface area contributed by atoms with E-state index in [-0.39, 0.29) is 5.56 Å². The fourth-order valence-electron chi connectivity index (χ4n) is 2.32. The van der Waals surface area contributed by atoms with Crippen molar-refractivity contribution < 1.29 is 4.39 Å². The smallest absolute Gasteiger partial charge is 0.143 e. The maximum atomic E-state index is 13.7. The van der Waals surface area contributed by atoms with Crippen molar-refractivity contribution in [1.29, 1.82) is 5.26 Å². The van der Waals surface area contributed by atoms with Crippen molar-refractivity contribution >= 4 is 16.9 Å². The maximum Gasteiger partial charge on any atom is 0.143 e. The lowest BCUT2D eigenvalue weighted by molar-refractivity contribution is 0.628. The number of nitriles is 1. The second kappa shape index (κ2) is 4.87. The number of nitrogens with zero attached hydrogens (tertiary/aromatic N) is 4. The normalized spacial score (nSPS) is 10.6. The summed E-state index contributed by atoms with van der Waals surface area (Å²) in [6, 6.07) is 6.22. The van der Waals surface area contributed by atoms with Crippen LogP contribution in [0.4, 0.5) is 10.2 Å². The van der Waals surface area contributed by atoms with E-state index in [2.05, 4.69) is 15.0 Å². The Bertz CT molecular complexity index is 860. The summed E-state index contributed by atoms with van der Waals surface area (Å²) >= 11 is 0. The van der Waals surface area contributed by atoms with Crippen molar-refractivity contribution in [3.63, 3.8) is 0 Å². The van der Waals surface area contributed by atoms with Gasteiger partial charge in [-0.15, -0.1) is 0 Å². The second-order valence-corrected chi connectivity index (χ2v) is 4.86. The van der Waals surface area contributed by atoms with Crippen LogP contribution in [-0.4, -0.2) is 29.0 Å². The number of aromatic nitrogens is 3. The lowest BCUT2D eigenvalue weighted by Gasteiger charge is -2.13. The number of halogens is 1. The van der Waals surface area contributed by atoms with Crippen LogP contribution in [0.1, 0.15) is 5.56 Å². The summed E-state index contributed by atoms with van der Waals surface area (Å²) in [5, 5.41) is 9.79. The molecule has 1 N–H and O–H groups in total. The minimum absolute atomic E-state index is 0.280. The van der Waals surface area contributed by atoms with Crippen LogP contribution in [0.25, 0.3) is 22.2 Å². The van der Waals surface area contributed by atoms with Gasteiger partial charge in [-0.25, -0.2) is 14.4 Å². The van der Waals surface area contributed by atoms with Gasteiger partial charge in [-0.1, -0.05) is 0 Å². The Balaban J connectivity index is 2.31. The highest BCUT2D eigenvalue weighted by atomic mass is 19.1. The molecule has 3 rings (SSSR count). The molecule has 6 heteroatoms. The molecule has 0 saturated carbocycles. The molecule has 5 nitrogen and oxygen atoms in total. The molecule has 0 aliphatic heterocycles. The molecule has 104 valence electrons. The lowest BCUT2D eigenvalue weighted by atomic mass is 10.0. The summed E-state index contributed by atoms with van der Waals surface area (Å²) in [5.74, 6) is 0.292. The van der Waals surface area contributed by atoms with Gasteiger partial charge in [0.2, 0.25) is 0 Å². The fourth-order valence-corrected chi connectivity index (χ4v) is 2.32. The van der Waals surface area contributed by atoms with E-state index in [9.17, 15) is 4.39 Å². The van der Waals surface area contributed by atoms with E-state index in [0.29, 0.717) is 11.2 Å². The first kappa shape index (κ1) is 13.1. The number of anilines is 1. The largest absolute Gasteiger partial charge is 0.362 e. The second-order valence-electron chi connectivity index (χ2n) is 4.86. The van der Waals surface area contributed by atoms with E-state index in [4.69, 9.17) is 5.26 Å². The van der Waals surface area contributed by atoms with Crippen molar-refractivity contribution in [2.75, 3.05) is 19.0 Å². The van der Waals surface area contributed by atoms with E-state index in [0.717, 1.165) is 16.8 Å². The fraction of sp³-hybridized carbons (Fsp3) is 0.133. The van der Waals surface area contributed by atoms with Crippen LogP contribution in [0.2, 0.25) is 0 Å².